The molecule has 1 atom stereocenters. The Morgan fingerprint density at radius 2 is 1.71 bits per heavy atom. The molecule has 0 spiro atoms. The Morgan fingerprint density at radius 3 is 2.19 bits per heavy atom. The van der Waals surface area contributed by atoms with Gasteiger partial charge in [-0.15, -0.1) is 0 Å². The molecule has 4 nitrogen and oxygen atoms in total. The molecule has 0 fully saturated rings. The highest BCUT2D eigenvalue weighted by Crippen LogP contribution is 2.27. The predicted molar refractivity (Wildman–Crippen MR) is 92.3 cm³/mol. The lowest BCUT2D eigenvalue weighted by Gasteiger charge is -2.29. The van der Waals surface area contributed by atoms with Gasteiger partial charge in [0.15, 0.2) is 0 Å². The molecule has 1 aromatic rings. The first-order valence-corrected chi connectivity index (χ1v) is 8.13. The first-order valence-electron chi connectivity index (χ1n) is 8.13. The second kappa shape index (κ2) is 7.62. The number of rotatable bonds is 7. The van der Waals surface area contributed by atoms with Crippen molar-refractivity contribution in [3.8, 4) is 0 Å². The molecule has 4 heteroatoms. The topological polar surface area (TPSA) is 41.1 Å². The number of nitrogens with zero attached hydrogens (tertiary/aromatic N) is 3. The molecule has 0 radical (unpaired) electrons. The average molecular weight is 292 g/mol. The highest BCUT2D eigenvalue weighted by Gasteiger charge is 2.19. The molecule has 1 aromatic heterocycles. The van der Waals surface area contributed by atoms with Crippen molar-refractivity contribution in [2.24, 2.45) is 5.92 Å². The zero-order valence-corrected chi connectivity index (χ0v) is 15.0. The first kappa shape index (κ1) is 17.7. The fourth-order valence-electron chi connectivity index (χ4n) is 2.51. The number of hydrogen-bond donors (Lipinski definition) is 1. The monoisotopic (exact) mass is 292 g/mol. The average Bonchev–Trinajstić information content (AvgIpc) is 2.39. The largest absolute Gasteiger partial charge is 0.370 e. The van der Waals surface area contributed by atoms with Gasteiger partial charge < -0.3 is 10.2 Å². The van der Waals surface area contributed by atoms with Crippen molar-refractivity contribution in [2.75, 3.05) is 23.8 Å². The van der Waals surface area contributed by atoms with Gasteiger partial charge >= 0.3 is 0 Å². The maximum atomic E-state index is 4.82. The van der Waals surface area contributed by atoms with E-state index in [0.717, 1.165) is 36.0 Å². The van der Waals surface area contributed by atoms with Crippen LogP contribution in [-0.4, -0.2) is 29.6 Å². The van der Waals surface area contributed by atoms with E-state index in [1.165, 1.54) is 0 Å². The van der Waals surface area contributed by atoms with Crippen LogP contribution in [0.2, 0.25) is 0 Å². The van der Waals surface area contributed by atoms with E-state index in [1.807, 2.05) is 0 Å². The number of aromatic nitrogens is 2. The Balaban J connectivity index is 3.20. The number of nitrogens with one attached hydrogen (secondary N) is 1. The molecule has 0 bridgehead atoms. The van der Waals surface area contributed by atoms with Crippen LogP contribution in [0.3, 0.4) is 0 Å². The smallest absolute Gasteiger partial charge is 0.137 e. The van der Waals surface area contributed by atoms with Gasteiger partial charge in [0.2, 0.25) is 0 Å². The summed E-state index contributed by atoms with van der Waals surface area (Å²) in [7, 11) is 2.14. The van der Waals surface area contributed by atoms with Gasteiger partial charge in [0, 0.05) is 31.1 Å². The predicted octanol–water partition coefficient (Wildman–Crippen LogP) is 4.21. The van der Waals surface area contributed by atoms with Crippen LogP contribution in [0.1, 0.15) is 65.3 Å². The summed E-state index contributed by atoms with van der Waals surface area (Å²) >= 11 is 0. The van der Waals surface area contributed by atoms with E-state index in [-0.39, 0.29) is 0 Å². The van der Waals surface area contributed by atoms with Crippen molar-refractivity contribution in [2.45, 2.75) is 66.8 Å². The Bertz CT molecular complexity index is 454. The van der Waals surface area contributed by atoms with E-state index in [1.54, 1.807) is 0 Å². The zero-order valence-electron chi connectivity index (χ0n) is 15.0. The van der Waals surface area contributed by atoms with Crippen molar-refractivity contribution in [1.82, 2.24) is 9.97 Å². The van der Waals surface area contributed by atoms with E-state index in [4.69, 9.17) is 4.98 Å². The lowest BCUT2D eigenvalue weighted by Crippen LogP contribution is -2.32. The Labute approximate surface area is 130 Å². The van der Waals surface area contributed by atoms with Crippen LogP contribution in [0.4, 0.5) is 11.6 Å². The quantitative estimate of drug-likeness (QED) is 0.817. The number of anilines is 2. The van der Waals surface area contributed by atoms with E-state index < -0.39 is 0 Å². The molecular formula is C17H32N4. The van der Waals surface area contributed by atoms with E-state index >= 15 is 0 Å². The fraction of sp³-hybridized carbons (Fsp3) is 0.765. The summed E-state index contributed by atoms with van der Waals surface area (Å²) in [5, 5.41) is 3.37. The van der Waals surface area contributed by atoms with Crippen molar-refractivity contribution in [3.63, 3.8) is 0 Å². The summed E-state index contributed by atoms with van der Waals surface area (Å²) < 4.78 is 0. The second-order valence-electron chi connectivity index (χ2n) is 6.65. The van der Waals surface area contributed by atoms with Crippen molar-refractivity contribution in [3.05, 3.63) is 11.4 Å². The maximum absolute atomic E-state index is 4.82. The van der Waals surface area contributed by atoms with Crippen molar-refractivity contribution >= 4 is 11.6 Å². The third kappa shape index (κ3) is 4.58. The number of hydrogen-bond acceptors (Lipinski definition) is 4. The van der Waals surface area contributed by atoms with Gasteiger partial charge in [0.25, 0.3) is 0 Å². The molecule has 0 saturated carbocycles. The summed E-state index contributed by atoms with van der Waals surface area (Å²) in [4.78, 5) is 11.8. The Kier molecular flexibility index (Phi) is 6.43. The highest BCUT2D eigenvalue weighted by atomic mass is 15.2. The van der Waals surface area contributed by atoms with Gasteiger partial charge in [-0.1, -0.05) is 27.7 Å². The maximum Gasteiger partial charge on any atom is 0.137 e. The molecule has 0 aromatic carbocycles. The minimum atomic E-state index is 0.329. The molecule has 0 amide bonds. The van der Waals surface area contributed by atoms with Gasteiger partial charge in [0.1, 0.15) is 17.5 Å². The lowest BCUT2D eigenvalue weighted by molar-refractivity contribution is 0.501. The highest BCUT2D eigenvalue weighted by molar-refractivity contribution is 5.59. The van der Waals surface area contributed by atoms with Crippen LogP contribution in [0, 0.1) is 12.8 Å². The van der Waals surface area contributed by atoms with Gasteiger partial charge in [-0.3, -0.25) is 0 Å². The zero-order chi connectivity index (χ0) is 16.2. The van der Waals surface area contributed by atoms with Crippen LogP contribution in [0.25, 0.3) is 0 Å². The summed E-state index contributed by atoms with van der Waals surface area (Å²) in [6, 6.07) is 0.466. The Hall–Kier alpha value is -1.32. The molecule has 0 aliphatic carbocycles. The van der Waals surface area contributed by atoms with Crippen LogP contribution < -0.4 is 10.2 Å². The molecule has 1 heterocycles. The summed E-state index contributed by atoms with van der Waals surface area (Å²) in [5.74, 6) is 3.95. The van der Waals surface area contributed by atoms with Crippen molar-refractivity contribution in [1.29, 1.82) is 0 Å². The van der Waals surface area contributed by atoms with Gasteiger partial charge in [-0.2, -0.15) is 0 Å². The molecule has 0 aliphatic rings. The molecule has 0 saturated heterocycles. The Morgan fingerprint density at radius 1 is 1.10 bits per heavy atom. The molecule has 1 N–H and O–H groups in total. The van der Waals surface area contributed by atoms with Crippen LogP contribution in [0.15, 0.2) is 0 Å². The third-order valence-corrected chi connectivity index (χ3v) is 3.81. The molecule has 21 heavy (non-hydrogen) atoms. The van der Waals surface area contributed by atoms with Crippen LogP contribution in [0.5, 0.6) is 0 Å². The summed E-state index contributed by atoms with van der Waals surface area (Å²) in [6.45, 7) is 16.2. The standard InChI is InChI=1S/C17H32N4/c1-9-18-16-14(7)17(20-15(19-16)12(4)5)21(8)13(6)10-11(2)3/h11-13H,9-10H2,1-8H3,(H,18,19,20). The van der Waals surface area contributed by atoms with E-state index in [9.17, 15) is 0 Å². The fourth-order valence-corrected chi connectivity index (χ4v) is 2.51. The van der Waals surface area contributed by atoms with E-state index in [0.29, 0.717) is 17.9 Å². The molecule has 120 valence electrons. The van der Waals surface area contributed by atoms with Gasteiger partial charge in [-0.05, 0) is 33.1 Å². The third-order valence-electron chi connectivity index (χ3n) is 3.81. The second-order valence-corrected chi connectivity index (χ2v) is 6.65. The molecular weight excluding hydrogens is 260 g/mol. The van der Waals surface area contributed by atoms with Gasteiger partial charge in [-0.25, -0.2) is 9.97 Å². The minimum absolute atomic E-state index is 0.329. The van der Waals surface area contributed by atoms with Crippen molar-refractivity contribution < 1.29 is 0 Å². The molecule has 1 unspecified atom stereocenters. The molecule has 0 aliphatic heterocycles. The summed E-state index contributed by atoms with van der Waals surface area (Å²) in [5.41, 5.74) is 1.14. The minimum Gasteiger partial charge on any atom is -0.370 e. The molecule has 1 rings (SSSR count). The lowest BCUT2D eigenvalue weighted by atomic mass is 10.0. The summed E-state index contributed by atoms with van der Waals surface area (Å²) in [6.07, 6.45) is 1.16. The van der Waals surface area contributed by atoms with Crippen LogP contribution >= 0.6 is 0 Å². The first-order chi connectivity index (χ1) is 9.77. The van der Waals surface area contributed by atoms with Crippen LogP contribution in [-0.2, 0) is 0 Å². The normalized spacial score (nSPS) is 12.9. The van der Waals surface area contributed by atoms with E-state index in [2.05, 4.69) is 70.7 Å². The SMILES string of the molecule is CCNc1nc(C(C)C)nc(N(C)C(C)CC(C)C)c1C. The van der Waals surface area contributed by atoms with Gasteiger partial charge in [0.05, 0.1) is 0 Å².